The van der Waals surface area contributed by atoms with E-state index in [0.717, 1.165) is 0 Å². The fraction of sp³-hybridized carbons (Fsp3) is 0.222. The van der Waals surface area contributed by atoms with E-state index in [4.69, 9.17) is 11.0 Å². The number of nitriles is 1. The Hall–Kier alpha value is -1.93. The molecule has 0 aliphatic carbocycles. The molecule has 0 saturated carbocycles. The molecule has 5 heteroatoms. The Kier molecular flexibility index (Phi) is 2.79. The van der Waals surface area contributed by atoms with Crippen molar-refractivity contribution in [2.45, 2.75) is 13.5 Å². The molecule has 1 aromatic carbocycles. The topological polar surface area (TPSA) is 92.9 Å². The average molecular weight is 191 g/mol. The highest BCUT2D eigenvalue weighted by Gasteiger charge is 2.16. The van der Waals surface area contributed by atoms with E-state index in [1.54, 1.807) is 13.0 Å². The molecule has 0 saturated heterocycles. The zero-order valence-corrected chi connectivity index (χ0v) is 7.65. The summed E-state index contributed by atoms with van der Waals surface area (Å²) in [6.45, 7) is 1.81. The molecule has 0 unspecified atom stereocenters. The Morgan fingerprint density at radius 2 is 2.29 bits per heavy atom. The van der Waals surface area contributed by atoms with Gasteiger partial charge in [0.2, 0.25) is 0 Å². The number of nitro groups is 1. The molecule has 0 radical (unpaired) electrons. The first-order chi connectivity index (χ1) is 6.60. The van der Waals surface area contributed by atoms with Crippen LogP contribution in [0.5, 0.6) is 0 Å². The van der Waals surface area contributed by atoms with E-state index >= 15 is 0 Å². The lowest BCUT2D eigenvalue weighted by Gasteiger charge is -2.04. The highest BCUT2D eigenvalue weighted by atomic mass is 16.6. The largest absolute Gasteiger partial charge is 0.326 e. The molecule has 0 aliphatic rings. The summed E-state index contributed by atoms with van der Waals surface area (Å²) in [7, 11) is 0. The van der Waals surface area contributed by atoms with Crippen LogP contribution in [0.2, 0.25) is 0 Å². The minimum atomic E-state index is -0.518. The van der Waals surface area contributed by atoms with Crippen LogP contribution in [0, 0.1) is 28.4 Å². The first kappa shape index (κ1) is 10.2. The molecule has 0 heterocycles. The number of nitro benzene ring substituents is 1. The van der Waals surface area contributed by atoms with Gasteiger partial charge >= 0.3 is 0 Å². The van der Waals surface area contributed by atoms with Crippen molar-refractivity contribution in [3.8, 4) is 6.07 Å². The summed E-state index contributed by atoms with van der Waals surface area (Å²) in [4.78, 5) is 10.1. The summed E-state index contributed by atoms with van der Waals surface area (Å²) in [5.74, 6) is 0. The van der Waals surface area contributed by atoms with Gasteiger partial charge in [-0.1, -0.05) is 0 Å². The van der Waals surface area contributed by atoms with Crippen molar-refractivity contribution in [2.75, 3.05) is 0 Å². The number of nitrogens with two attached hydrogens (primary N) is 1. The number of benzene rings is 1. The Morgan fingerprint density at radius 3 is 2.71 bits per heavy atom. The summed E-state index contributed by atoms with van der Waals surface area (Å²) in [6.07, 6.45) is 0. The van der Waals surface area contributed by atoms with Crippen LogP contribution in [0.1, 0.15) is 16.7 Å². The molecule has 0 bridgehead atoms. The van der Waals surface area contributed by atoms with Crippen molar-refractivity contribution in [3.63, 3.8) is 0 Å². The van der Waals surface area contributed by atoms with Crippen LogP contribution in [0.15, 0.2) is 12.1 Å². The van der Waals surface area contributed by atoms with Gasteiger partial charge in [-0.15, -0.1) is 0 Å². The average Bonchev–Trinajstić information content (AvgIpc) is 2.16. The molecule has 1 rings (SSSR count). The zero-order chi connectivity index (χ0) is 10.7. The first-order valence-corrected chi connectivity index (χ1v) is 3.98. The zero-order valence-electron chi connectivity index (χ0n) is 7.65. The first-order valence-electron chi connectivity index (χ1n) is 3.98. The molecule has 0 aromatic heterocycles. The smallest absolute Gasteiger partial charge is 0.275 e. The molecule has 72 valence electrons. The lowest BCUT2D eigenvalue weighted by Crippen LogP contribution is -2.04. The van der Waals surface area contributed by atoms with Gasteiger partial charge in [-0.05, 0) is 18.6 Å². The quantitative estimate of drug-likeness (QED) is 0.562. The fourth-order valence-corrected chi connectivity index (χ4v) is 1.29. The maximum Gasteiger partial charge on any atom is 0.275 e. The van der Waals surface area contributed by atoms with E-state index in [9.17, 15) is 10.1 Å². The maximum absolute atomic E-state index is 10.6. The molecule has 0 spiro atoms. The molecule has 5 nitrogen and oxygen atoms in total. The van der Waals surface area contributed by atoms with E-state index in [1.807, 2.05) is 6.07 Å². The fourth-order valence-electron chi connectivity index (χ4n) is 1.29. The minimum absolute atomic E-state index is 0.0796. The Balaban J connectivity index is 3.45. The summed E-state index contributed by atoms with van der Waals surface area (Å²) < 4.78 is 0. The predicted molar refractivity (Wildman–Crippen MR) is 50.4 cm³/mol. The van der Waals surface area contributed by atoms with Gasteiger partial charge in [0.05, 0.1) is 16.6 Å². The summed E-state index contributed by atoms with van der Waals surface area (Å²) in [6, 6.07) is 4.71. The summed E-state index contributed by atoms with van der Waals surface area (Å²) >= 11 is 0. The number of nitrogens with zero attached hydrogens (tertiary/aromatic N) is 2. The molecule has 0 amide bonds. The molecular formula is C9H9N3O2. The third kappa shape index (κ3) is 1.70. The second kappa shape index (κ2) is 3.85. The highest BCUT2D eigenvalue weighted by Crippen LogP contribution is 2.23. The van der Waals surface area contributed by atoms with Crippen LogP contribution in [-0.4, -0.2) is 4.92 Å². The second-order valence-corrected chi connectivity index (χ2v) is 2.86. The number of aryl methyl sites for hydroxylation is 1. The molecule has 14 heavy (non-hydrogen) atoms. The normalized spacial score (nSPS) is 9.50. The van der Waals surface area contributed by atoms with Gasteiger partial charge in [-0.2, -0.15) is 5.26 Å². The van der Waals surface area contributed by atoms with Crippen molar-refractivity contribution in [3.05, 3.63) is 38.9 Å². The van der Waals surface area contributed by atoms with Crippen LogP contribution in [0.3, 0.4) is 0 Å². The van der Waals surface area contributed by atoms with E-state index in [-0.39, 0.29) is 17.8 Å². The van der Waals surface area contributed by atoms with E-state index in [2.05, 4.69) is 0 Å². The number of hydrogen-bond acceptors (Lipinski definition) is 4. The Labute approximate surface area is 80.9 Å². The van der Waals surface area contributed by atoms with Crippen LogP contribution >= 0.6 is 0 Å². The summed E-state index contributed by atoms with van der Waals surface area (Å²) in [5.41, 5.74) is 6.76. The third-order valence-electron chi connectivity index (χ3n) is 1.98. The molecule has 0 atom stereocenters. The Morgan fingerprint density at radius 1 is 1.64 bits per heavy atom. The highest BCUT2D eigenvalue weighted by molar-refractivity contribution is 5.51. The lowest BCUT2D eigenvalue weighted by atomic mass is 10.0. The van der Waals surface area contributed by atoms with Crippen molar-refractivity contribution in [1.29, 1.82) is 5.26 Å². The SMILES string of the molecule is Cc1cc(C#N)cc([N+](=O)[O-])c1CN. The Bertz CT molecular complexity index is 421. The van der Waals surface area contributed by atoms with Crippen molar-refractivity contribution >= 4 is 5.69 Å². The van der Waals surface area contributed by atoms with Gasteiger partial charge < -0.3 is 5.73 Å². The maximum atomic E-state index is 10.6. The minimum Gasteiger partial charge on any atom is -0.326 e. The molecule has 2 N–H and O–H groups in total. The van der Waals surface area contributed by atoms with E-state index < -0.39 is 4.92 Å². The second-order valence-electron chi connectivity index (χ2n) is 2.86. The molecular weight excluding hydrogens is 182 g/mol. The van der Waals surface area contributed by atoms with Crippen molar-refractivity contribution < 1.29 is 4.92 Å². The van der Waals surface area contributed by atoms with Gasteiger partial charge in [0, 0.05) is 18.2 Å². The van der Waals surface area contributed by atoms with Gasteiger partial charge in [0.25, 0.3) is 5.69 Å². The number of hydrogen-bond donors (Lipinski definition) is 1. The summed E-state index contributed by atoms with van der Waals surface area (Å²) in [5, 5.41) is 19.3. The van der Waals surface area contributed by atoms with Crippen LogP contribution < -0.4 is 5.73 Å². The van der Waals surface area contributed by atoms with E-state index in [1.165, 1.54) is 6.07 Å². The third-order valence-corrected chi connectivity index (χ3v) is 1.98. The van der Waals surface area contributed by atoms with Gasteiger partial charge in [0.15, 0.2) is 0 Å². The lowest BCUT2D eigenvalue weighted by molar-refractivity contribution is -0.385. The van der Waals surface area contributed by atoms with Crippen LogP contribution in [-0.2, 0) is 6.54 Å². The van der Waals surface area contributed by atoms with Crippen LogP contribution in [0.25, 0.3) is 0 Å². The van der Waals surface area contributed by atoms with Crippen molar-refractivity contribution in [2.24, 2.45) is 5.73 Å². The molecule has 1 aromatic rings. The van der Waals surface area contributed by atoms with Crippen molar-refractivity contribution in [1.82, 2.24) is 0 Å². The molecule has 0 aliphatic heterocycles. The van der Waals surface area contributed by atoms with Gasteiger partial charge in [0.1, 0.15) is 0 Å². The predicted octanol–water partition coefficient (Wildman–Crippen LogP) is 1.23. The number of rotatable bonds is 2. The molecule has 0 fully saturated rings. The standard InChI is InChI=1S/C9H9N3O2/c1-6-2-7(4-10)3-9(12(13)14)8(6)5-11/h2-3H,5,11H2,1H3. The van der Waals surface area contributed by atoms with Crippen LogP contribution in [0.4, 0.5) is 5.69 Å². The van der Waals surface area contributed by atoms with Gasteiger partial charge in [-0.3, -0.25) is 10.1 Å². The van der Waals surface area contributed by atoms with E-state index in [0.29, 0.717) is 11.1 Å². The van der Waals surface area contributed by atoms with Gasteiger partial charge in [-0.25, -0.2) is 0 Å². The monoisotopic (exact) mass is 191 g/mol.